The van der Waals surface area contributed by atoms with Crippen LogP contribution in [-0.4, -0.2) is 26.1 Å². The third kappa shape index (κ3) is 3.98. The zero-order valence-electron chi connectivity index (χ0n) is 15.7. The minimum Gasteiger partial charge on any atom is -0.324 e. The van der Waals surface area contributed by atoms with Crippen LogP contribution >= 0.6 is 0 Å². The van der Waals surface area contributed by atoms with Crippen LogP contribution in [0.25, 0.3) is 11.0 Å². The second-order valence-corrected chi connectivity index (χ2v) is 6.50. The predicted molar refractivity (Wildman–Crippen MR) is 111 cm³/mol. The average molecular weight is 382 g/mol. The summed E-state index contributed by atoms with van der Waals surface area (Å²) in [7, 11) is 0. The standard InChI is InChI=1S/C22H18N6O/c1-14(23)18-8-6-16(12-15(18)5-7-17-4-2-3-10-24-17)22(29)27-20-9-11-25-21-19(20)13-26-28-21/h2-4,6,8-14H,23H2,1H3,(H2,25,26,27,28,29). The van der Waals surface area contributed by atoms with Gasteiger partial charge in [0, 0.05) is 29.6 Å². The van der Waals surface area contributed by atoms with E-state index in [9.17, 15) is 4.79 Å². The van der Waals surface area contributed by atoms with Gasteiger partial charge in [-0.2, -0.15) is 5.10 Å². The Morgan fingerprint density at radius 1 is 1.14 bits per heavy atom. The van der Waals surface area contributed by atoms with E-state index in [4.69, 9.17) is 5.73 Å². The molecule has 142 valence electrons. The number of fused-ring (bicyclic) bond motifs is 1. The van der Waals surface area contributed by atoms with Gasteiger partial charge in [-0.15, -0.1) is 0 Å². The average Bonchev–Trinajstić information content (AvgIpc) is 3.22. The Morgan fingerprint density at radius 2 is 2.03 bits per heavy atom. The zero-order valence-corrected chi connectivity index (χ0v) is 15.7. The number of hydrogen-bond donors (Lipinski definition) is 3. The highest BCUT2D eigenvalue weighted by atomic mass is 16.1. The van der Waals surface area contributed by atoms with Crippen molar-refractivity contribution in [1.29, 1.82) is 0 Å². The molecule has 0 aliphatic rings. The molecule has 7 nitrogen and oxygen atoms in total. The van der Waals surface area contributed by atoms with Gasteiger partial charge in [0.15, 0.2) is 5.65 Å². The lowest BCUT2D eigenvalue weighted by molar-refractivity contribution is 0.102. The van der Waals surface area contributed by atoms with E-state index < -0.39 is 0 Å². The molecule has 1 aromatic carbocycles. The molecule has 3 heterocycles. The molecule has 3 aromatic heterocycles. The monoisotopic (exact) mass is 382 g/mol. The van der Waals surface area contributed by atoms with Crippen molar-refractivity contribution in [2.45, 2.75) is 13.0 Å². The number of amides is 1. The van der Waals surface area contributed by atoms with Crippen LogP contribution in [0.1, 0.15) is 40.1 Å². The normalized spacial score (nSPS) is 11.5. The first-order valence-electron chi connectivity index (χ1n) is 9.04. The molecule has 1 atom stereocenters. The second-order valence-electron chi connectivity index (χ2n) is 6.50. The zero-order chi connectivity index (χ0) is 20.2. The molecule has 4 aromatic rings. The highest BCUT2D eigenvalue weighted by Gasteiger charge is 2.13. The summed E-state index contributed by atoms with van der Waals surface area (Å²) < 4.78 is 0. The smallest absolute Gasteiger partial charge is 0.255 e. The molecular weight excluding hydrogens is 364 g/mol. The predicted octanol–water partition coefficient (Wildman–Crippen LogP) is 3.02. The Labute approximate surface area is 167 Å². The fourth-order valence-electron chi connectivity index (χ4n) is 2.93. The summed E-state index contributed by atoms with van der Waals surface area (Å²) >= 11 is 0. The summed E-state index contributed by atoms with van der Waals surface area (Å²) in [6.45, 7) is 1.88. The van der Waals surface area contributed by atoms with Crippen molar-refractivity contribution in [1.82, 2.24) is 20.2 Å². The van der Waals surface area contributed by atoms with Crippen LogP contribution in [-0.2, 0) is 0 Å². The van der Waals surface area contributed by atoms with Crippen LogP contribution < -0.4 is 11.1 Å². The Balaban J connectivity index is 1.66. The molecule has 0 bridgehead atoms. The molecule has 0 saturated carbocycles. The maximum absolute atomic E-state index is 12.8. The van der Waals surface area contributed by atoms with Gasteiger partial charge >= 0.3 is 0 Å². The van der Waals surface area contributed by atoms with E-state index in [0.717, 1.165) is 10.9 Å². The minimum absolute atomic E-state index is 0.217. The third-order valence-electron chi connectivity index (χ3n) is 4.40. The number of nitrogens with one attached hydrogen (secondary N) is 2. The first kappa shape index (κ1) is 18.3. The van der Waals surface area contributed by atoms with Gasteiger partial charge in [-0.3, -0.25) is 9.89 Å². The van der Waals surface area contributed by atoms with Gasteiger partial charge in [0.25, 0.3) is 5.91 Å². The fraction of sp³-hybridized carbons (Fsp3) is 0.0909. The number of rotatable bonds is 3. The summed E-state index contributed by atoms with van der Waals surface area (Å²) in [6, 6.07) is 12.4. The molecule has 4 N–H and O–H groups in total. The van der Waals surface area contributed by atoms with Crippen molar-refractivity contribution in [2.75, 3.05) is 5.32 Å². The fourth-order valence-corrected chi connectivity index (χ4v) is 2.93. The number of carbonyl (C=O) groups excluding carboxylic acids is 1. The summed E-state index contributed by atoms with van der Waals surface area (Å²) in [5.74, 6) is 5.87. The van der Waals surface area contributed by atoms with E-state index in [1.807, 2.05) is 31.2 Å². The summed E-state index contributed by atoms with van der Waals surface area (Å²) in [4.78, 5) is 21.2. The van der Waals surface area contributed by atoms with Crippen molar-refractivity contribution in [2.24, 2.45) is 5.73 Å². The van der Waals surface area contributed by atoms with E-state index in [2.05, 4.69) is 37.3 Å². The summed E-state index contributed by atoms with van der Waals surface area (Å²) in [5.41, 5.74) is 10.0. The number of H-pyrrole nitrogens is 1. The molecule has 0 aliphatic heterocycles. The summed E-state index contributed by atoms with van der Waals surface area (Å²) in [6.07, 6.45) is 4.92. The number of benzene rings is 1. The first-order valence-corrected chi connectivity index (χ1v) is 9.04. The molecule has 1 unspecified atom stereocenters. The summed E-state index contributed by atoms with van der Waals surface area (Å²) in [5, 5.41) is 10.4. The number of carbonyl (C=O) groups is 1. The number of hydrogen-bond acceptors (Lipinski definition) is 5. The molecule has 0 spiro atoms. The van der Waals surface area contributed by atoms with E-state index in [-0.39, 0.29) is 11.9 Å². The number of anilines is 1. The Bertz CT molecular complexity index is 1230. The lowest BCUT2D eigenvalue weighted by Crippen LogP contribution is -2.14. The van der Waals surface area contributed by atoms with Crippen molar-refractivity contribution in [3.8, 4) is 11.8 Å². The van der Waals surface area contributed by atoms with Crippen LogP contribution in [0, 0.1) is 11.8 Å². The van der Waals surface area contributed by atoms with Crippen LogP contribution in [0.4, 0.5) is 5.69 Å². The molecule has 4 rings (SSSR count). The third-order valence-corrected chi connectivity index (χ3v) is 4.40. The minimum atomic E-state index is -0.254. The van der Waals surface area contributed by atoms with Crippen molar-refractivity contribution < 1.29 is 4.79 Å². The molecule has 0 saturated heterocycles. The van der Waals surface area contributed by atoms with Crippen molar-refractivity contribution in [3.63, 3.8) is 0 Å². The number of nitrogens with zero attached hydrogens (tertiary/aromatic N) is 3. The number of pyridine rings is 2. The topological polar surface area (TPSA) is 110 Å². The number of aromatic amines is 1. The van der Waals surface area contributed by atoms with Gasteiger partial charge < -0.3 is 11.1 Å². The molecule has 0 fully saturated rings. The first-order chi connectivity index (χ1) is 14.1. The Hall–Kier alpha value is -4.02. The van der Waals surface area contributed by atoms with Crippen LogP contribution in [0.5, 0.6) is 0 Å². The molecule has 0 aliphatic carbocycles. The molecule has 7 heteroatoms. The van der Waals surface area contributed by atoms with Gasteiger partial charge in [0.1, 0.15) is 5.69 Å². The largest absolute Gasteiger partial charge is 0.324 e. The van der Waals surface area contributed by atoms with Gasteiger partial charge in [0.2, 0.25) is 0 Å². The lowest BCUT2D eigenvalue weighted by atomic mass is 9.99. The van der Waals surface area contributed by atoms with E-state index in [1.54, 1.807) is 36.8 Å². The van der Waals surface area contributed by atoms with E-state index in [1.165, 1.54) is 0 Å². The van der Waals surface area contributed by atoms with Crippen molar-refractivity contribution >= 4 is 22.6 Å². The van der Waals surface area contributed by atoms with Crippen molar-refractivity contribution in [3.05, 3.63) is 83.4 Å². The maximum atomic E-state index is 12.8. The Kier molecular flexibility index (Phi) is 5.01. The highest BCUT2D eigenvalue weighted by molar-refractivity contribution is 6.08. The lowest BCUT2D eigenvalue weighted by Gasteiger charge is -2.11. The molecule has 1 amide bonds. The number of aromatic nitrogens is 4. The SMILES string of the molecule is CC(N)c1ccc(C(=O)Nc2ccnc3[nH]ncc23)cc1C#Cc1ccccn1. The van der Waals surface area contributed by atoms with Gasteiger partial charge in [0.05, 0.1) is 17.3 Å². The molecule has 29 heavy (non-hydrogen) atoms. The second kappa shape index (κ2) is 7.92. The quantitative estimate of drug-likeness (QED) is 0.472. The van der Waals surface area contributed by atoms with E-state index in [0.29, 0.717) is 28.2 Å². The molecular formula is C22H18N6O. The van der Waals surface area contributed by atoms with Crippen LogP contribution in [0.15, 0.2) is 61.1 Å². The highest BCUT2D eigenvalue weighted by Crippen LogP contribution is 2.22. The van der Waals surface area contributed by atoms with Gasteiger partial charge in [-0.25, -0.2) is 9.97 Å². The van der Waals surface area contributed by atoms with Gasteiger partial charge in [-0.05, 0) is 48.7 Å². The maximum Gasteiger partial charge on any atom is 0.255 e. The van der Waals surface area contributed by atoms with E-state index >= 15 is 0 Å². The molecule has 0 radical (unpaired) electrons. The number of nitrogens with two attached hydrogens (primary N) is 1. The van der Waals surface area contributed by atoms with Gasteiger partial charge in [-0.1, -0.05) is 18.1 Å². The Morgan fingerprint density at radius 3 is 2.83 bits per heavy atom. The van der Waals surface area contributed by atoms with Crippen LogP contribution in [0.3, 0.4) is 0 Å². The van der Waals surface area contributed by atoms with Crippen LogP contribution in [0.2, 0.25) is 0 Å².